The van der Waals surface area contributed by atoms with Crippen LogP contribution in [0.1, 0.15) is 24.2 Å². The zero-order valence-corrected chi connectivity index (χ0v) is 23.4. The topological polar surface area (TPSA) is 94.9 Å². The summed E-state index contributed by atoms with van der Waals surface area (Å²) < 4.78 is 17.9. The summed E-state index contributed by atoms with van der Waals surface area (Å²) in [5.41, 5.74) is 2.74. The summed E-state index contributed by atoms with van der Waals surface area (Å²) in [7, 11) is 4.69. The Hall–Kier alpha value is -4.79. The van der Waals surface area contributed by atoms with Gasteiger partial charge in [-0.2, -0.15) is 0 Å². The van der Waals surface area contributed by atoms with Gasteiger partial charge in [-0.15, -0.1) is 0 Å². The fourth-order valence-electron chi connectivity index (χ4n) is 4.32. The first-order valence-electron chi connectivity index (χ1n) is 12.9. The van der Waals surface area contributed by atoms with E-state index >= 15 is 0 Å². The van der Waals surface area contributed by atoms with Gasteiger partial charge in [-0.3, -0.25) is 19.5 Å². The van der Waals surface area contributed by atoms with Gasteiger partial charge in [-0.25, -0.2) is 4.98 Å². The smallest absolute Gasteiger partial charge is 0.254 e. The average molecular weight is 543 g/mol. The van der Waals surface area contributed by atoms with Crippen LogP contribution in [-0.4, -0.2) is 60.7 Å². The number of rotatable bonds is 11. The fraction of sp³-hybridized carbons (Fsp3) is 0.258. The van der Waals surface area contributed by atoms with E-state index in [0.717, 1.165) is 5.56 Å². The van der Waals surface area contributed by atoms with Gasteiger partial charge in [0.1, 0.15) is 12.3 Å². The third kappa shape index (κ3) is 6.61. The first-order chi connectivity index (χ1) is 19.3. The maximum atomic E-state index is 13.4. The zero-order chi connectivity index (χ0) is 28.6. The molecule has 1 heterocycles. The normalized spacial score (nSPS) is 10.8. The highest BCUT2D eigenvalue weighted by Crippen LogP contribution is 2.32. The summed E-state index contributed by atoms with van der Waals surface area (Å²) in [6.07, 6.45) is 1.85. The van der Waals surface area contributed by atoms with Crippen molar-refractivity contribution in [3.8, 4) is 34.2 Å². The van der Waals surface area contributed by atoms with Crippen LogP contribution in [0.25, 0.3) is 16.9 Å². The molecule has 0 bridgehead atoms. The third-order valence-electron chi connectivity index (χ3n) is 6.20. The Labute approximate surface area is 234 Å². The van der Waals surface area contributed by atoms with Crippen LogP contribution < -0.4 is 19.5 Å². The molecule has 0 saturated heterocycles. The largest absolute Gasteiger partial charge is 0.497 e. The Kier molecular flexibility index (Phi) is 9.06. The number of nitrogens with zero attached hydrogens (tertiary/aromatic N) is 3. The summed E-state index contributed by atoms with van der Waals surface area (Å²) in [6.45, 7) is 4.26. The summed E-state index contributed by atoms with van der Waals surface area (Å²) in [5.74, 6) is 1.54. The van der Waals surface area contributed by atoms with Gasteiger partial charge in [0.2, 0.25) is 11.9 Å². The molecule has 4 rings (SSSR count). The maximum Gasteiger partial charge on any atom is 0.254 e. The predicted molar refractivity (Wildman–Crippen MR) is 154 cm³/mol. The number of hydrogen-bond acceptors (Lipinski definition) is 6. The predicted octanol–water partition coefficient (Wildman–Crippen LogP) is 5.30. The van der Waals surface area contributed by atoms with E-state index in [0.29, 0.717) is 46.7 Å². The van der Waals surface area contributed by atoms with E-state index in [1.165, 1.54) is 4.90 Å². The monoisotopic (exact) mass is 542 g/mol. The zero-order valence-electron chi connectivity index (χ0n) is 23.4. The molecule has 0 fully saturated rings. The van der Waals surface area contributed by atoms with Gasteiger partial charge in [-0.1, -0.05) is 50.2 Å². The molecule has 9 nitrogen and oxygen atoms in total. The molecule has 0 saturated carbocycles. The number of carbonyl (C=O) groups is 2. The van der Waals surface area contributed by atoms with Gasteiger partial charge in [0.15, 0.2) is 11.5 Å². The Morgan fingerprint density at radius 3 is 2.33 bits per heavy atom. The van der Waals surface area contributed by atoms with E-state index < -0.39 is 0 Å². The van der Waals surface area contributed by atoms with Gasteiger partial charge in [0.05, 0.1) is 32.7 Å². The average Bonchev–Trinajstić information content (AvgIpc) is 3.39. The summed E-state index contributed by atoms with van der Waals surface area (Å²) in [6, 6.07) is 22.0. The van der Waals surface area contributed by atoms with Crippen molar-refractivity contribution in [2.24, 2.45) is 5.92 Å². The number of nitrogens with one attached hydrogen (secondary N) is 1. The van der Waals surface area contributed by atoms with Crippen LogP contribution in [0.5, 0.6) is 17.2 Å². The molecule has 9 heteroatoms. The first-order valence-corrected chi connectivity index (χ1v) is 12.9. The SMILES string of the molecule is COc1cccc(C(=O)N(CC(=O)Nc2nc(-c3ccccc3)cn2-c2ccc(OC)c(OC)c2)CC(C)C)c1. The number of amides is 2. The lowest BCUT2D eigenvalue weighted by Gasteiger charge is -2.24. The lowest BCUT2D eigenvalue weighted by Crippen LogP contribution is -2.40. The van der Waals surface area contributed by atoms with Gasteiger partial charge < -0.3 is 19.1 Å². The molecule has 0 radical (unpaired) electrons. The standard InChI is InChI=1S/C31H34N4O5/c1-21(2)18-34(30(37)23-12-9-13-25(16-23)38-3)20-29(36)33-31-32-26(22-10-7-6-8-11-22)19-35(31)24-14-15-27(39-4)28(17-24)40-5/h6-17,19,21H,18,20H2,1-5H3,(H,32,33,36). The van der Waals surface area contributed by atoms with Crippen molar-refractivity contribution >= 4 is 17.8 Å². The number of carbonyl (C=O) groups excluding carboxylic acids is 2. The number of benzene rings is 3. The molecule has 0 aliphatic rings. The van der Waals surface area contributed by atoms with E-state index in [1.54, 1.807) is 56.2 Å². The molecule has 4 aromatic rings. The molecule has 2 amide bonds. The van der Waals surface area contributed by atoms with Crippen molar-refractivity contribution in [2.45, 2.75) is 13.8 Å². The van der Waals surface area contributed by atoms with Gasteiger partial charge in [0.25, 0.3) is 5.91 Å². The minimum Gasteiger partial charge on any atom is -0.497 e. The van der Waals surface area contributed by atoms with Crippen molar-refractivity contribution in [1.29, 1.82) is 0 Å². The van der Waals surface area contributed by atoms with Crippen LogP contribution in [0.15, 0.2) is 79.0 Å². The van der Waals surface area contributed by atoms with Crippen LogP contribution in [0.4, 0.5) is 5.95 Å². The summed E-state index contributed by atoms with van der Waals surface area (Å²) in [5, 5.41) is 2.92. The number of anilines is 1. The molecule has 0 atom stereocenters. The Morgan fingerprint density at radius 1 is 0.900 bits per heavy atom. The number of imidazole rings is 1. The molecule has 0 aliphatic carbocycles. The molecule has 40 heavy (non-hydrogen) atoms. The van der Waals surface area contributed by atoms with Crippen molar-refractivity contribution in [3.63, 3.8) is 0 Å². The summed E-state index contributed by atoms with van der Waals surface area (Å²) >= 11 is 0. The van der Waals surface area contributed by atoms with E-state index in [1.807, 2.05) is 62.5 Å². The van der Waals surface area contributed by atoms with Gasteiger partial charge >= 0.3 is 0 Å². The quantitative estimate of drug-likeness (QED) is 0.276. The number of methoxy groups -OCH3 is 3. The Balaban J connectivity index is 1.65. The second-order valence-corrected chi connectivity index (χ2v) is 9.58. The Bertz CT molecular complexity index is 1470. The minimum atomic E-state index is -0.371. The first kappa shape index (κ1) is 28.2. The van der Waals surface area contributed by atoms with Crippen LogP contribution in [-0.2, 0) is 4.79 Å². The van der Waals surface area contributed by atoms with Gasteiger partial charge in [0, 0.05) is 29.9 Å². The van der Waals surface area contributed by atoms with Crippen LogP contribution in [0, 0.1) is 5.92 Å². The van der Waals surface area contributed by atoms with Crippen molar-refractivity contribution in [2.75, 3.05) is 39.7 Å². The molecular formula is C31H34N4O5. The molecule has 0 spiro atoms. The van der Waals surface area contributed by atoms with Gasteiger partial charge in [-0.05, 0) is 36.2 Å². The van der Waals surface area contributed by atoms with Crippen molar-refractivity contribution in [3.05, 3.63) is 84.6 Å². The van der Waals surface area contributed by atoms with Crippen molar-refractivity contribution in [1.82, 2.24) is 14.5 Å². The molecule has 1 N–H and O–H groups in total. The van der Waals surface area contributed by atoms with E-state index in [9.17, 15) is 9.59 Å². The molecule has 0 aliphatic heterocycles. The van der Waals surface area contributed by atoms with E-state index in [4.69, 9.17) is 19.2 Å². The second kappa shape index (κ2) is 12.8. The highest BCUT2D eigenvalue weighted by molar-refractivity contribution is 5.99. The number of aromatic nitrogens is 2. The molecule has 3 aromatic carbocycles. The highest BCUT2D eigenvalue weighted by atomic mass is 16.5. The lowest BCUT2D eigenvalue weighted by molar-refractivity contribution is -0.117. The van der Waals surface area contributed by atoms with Crippen LogP contribution in [0.2, 0.25) is 0 Å². The fourth-order valence-corrected chi connectivity index (χ4v) is 4.32. The molecular weight excluding hydrogens is 508 g/mol. The summed E-state index contributed by atoms with van der Waals surface area (Å²) in [4.78, 5) is 33.0. The van der Waals surface area contributed by atoms with Crippen molar-refractivity contribution < 1.29 is 23.8 Å². The molecule has 0 unspecified atom stereocenters. The number of ether oxygens (including phenoxy) is 3. The van der Waals surface area contributed by atoms with E-state index in [-0.39, 0.29) is 24.3 Å². The second-order valence-electron chi connectivity index (χ2n) is 9.58. The Morgan fingerprint density at radius 2 is 1.65 bits per heavy atom. The lowest BCUT2D eigenvalue weighted by atomic mass is 10.1. The van der Waals surface area contributed by atoms with Crippen LogP contribution in [0.3, 0.4) is 0 Å². The maximum absolute atomic E-state index is 13.4. The molecule has 208 valence electrons. The van der Waals surface area contributed by atoms with Crippen LogP contribution >= 0.6 is 0 Å². The third-order valence-corrected chi connectivity index (χ3v) is 6.20. The van der Waals surface area contributed by atoms with E-state index in [2.05, 4.69) is 5.32 Å². The minimum absolute atomic E-state index is 0.145. The number of hydrogen-bond donors (Lipinski definition) is 1. The highest BCUT2D eigenvalue weighted by Gasteiger charge is 2.22. The molecule has 1 aromatic heterocycles.